The fraction of sp³-hybridized carbons (Fsp3) is 0.222. The normalized spacial score (nSPS) is 13.5. The Kier molecular flexibility index (Phi) is 5.89. The van der Waals surface area contributed by atoms with E-state index in [0.717, 1.165) is 14.8 Å². The maximum atomic E-state index is 13.3. The fourth-order valence-corrected chi connectivity index (χ4v) is 6.29. The first kappa shape index (κ1) is 19.9. The summed E-state index contributed by atoms with van der Waals surface area (Å²) in [5, 5.41) is 1.12. The van der Waals surface area contributed by atoms with Crippen molar-refractivity contribution < 1.29 is 8.42 Å². The molecule has 0 fully saturated rings. The number of nitrogens with zero attached hydrogens (tertiary/aromatic N) is 2. The number of halogens is 2. The zero-order valence-electron chi connectivity index (χ0n) is 14.5. The van der Waals surface area contributed by atoms with Gasteiger partial charge < -0.3 is 0 Å². The van der Waals surface area contributed by atoms with Crippen LogP contribution < -0.4 is 0 Å². The van der Waals surface area contributed by atoms with Gasteiger partial charge in [-0.05, 0) is 67.3 Å². The van der Waals surface area contributed by atoms with Gasteiger partial charge in [-0.15, -0.1) is 11.8 Å². The van der Waals surface area contributed by atoms with Gasteiger partial charge in [-0.25, -0.2) is 12.4 Å². The van der Waals surface area contributed by atoms with E-state index in [1.165, 1.54) is 3.97 Å². The minimum Gasteiger partial charge on any atom is -0.298 e. The smallest absolute Gasteiger partial charge is 0.269 e. The van der Waals surface area contributed by atoms with E-state index < -0.39 is 10.0 Å². The largest absolute Gasteiger partial charge is 0.298 e. The molecular weight excluding hydrogens is 500 g/mol. The third-order valence-corrected chi connectivity index (χ3v) is 8.62. The van der Waals surface area contributed by atoms with Crippen molar-refractivity contribution in [3.8, 4) is 0 Å². The van der Waals surface area contributed by atoms with Crippen LogP contribution in [-0.4, -0.2) is 36.8 Å². The molecule has 0 radical (unpaired) electrons. The maximum Gasteiger partial charge on any atom is 0.269 e. The van der Waals surface area contributed by atoms with Crippen LogP contribution in [0.25, 0.3) is 10.9 Å². The molecule has 1 unspecified atom stereocenters. The predicted octanol–water partition coefficient (Wildman–Crippen LogP) is 5.40. The third kappa shape index (κ3) is 3.75. The van der Waals surface area contributed by atoms with Gasteiger partial charge in [0.15, 0.2) is 0 Å². The van der Waals surface area contributed by atoms with E-state index in [9.17, 15) is 8.42 Å². The topological polar surface area (TPSA) is 42.3 Å². The highest BCUT2D eigenvalue weighted by Crippen LogP contribution is 2.37. The Labute approximate surface area is 174 Å². The average Bonchev–Trinajstić information content (AvgIpc) is 2.93. The maximum absolute atomic E-state index is 13.3. The molecule has 1 atom stereocenters. The van der Waals surface area contributed by atoms with Crippen LogP contribution in [0.1, 0.15) is 6.92 Å². The lowest BCUT2D eigenvalue weighted by molar-refractivity contribution is 0.402. The Balaban J connectivity index is 2.22. The van der Waals surface area contributed by atoms with Crippen molar-refractivity contribution in [2.24, 2.45) is 0 Å². The van der Waals surface area contributed by atoms with Gasteiger partial charge in [-0.1, -0.05) is 28.1 Å². The molecule has 3 aromatic rings. The van der Waals surface area contributed by atoms with Crippen molar-refractivity contribution in [3.63, 3.8) is 0 Å². The molecule has 1 heterocycles. The quantitative estimate of drug-likeness (QED) is 0.335. The van der Waals surface area contributed by atoms with E-state index in [4.69, 9.17) is 0 Å². The highest BCUT2D eigenvalue weighted by atomic mass is 79.9. The second kappa shape index (κ2) is 7.67. The minimum absolute atomic E-state index is 0.208. The van der Waals surface area contributed by atoms with Crippen LogP contribution in [0, 0.1) is 0 Å². The SMILES string of the molecule is CC(Sc1cn(S(=O)(=O)c2ccccc2Br)c2ccc(Br)cc12)N(C)C. The van der Waals surface area contributed by atoms with Crippen molar-refractivity contribution in [2.45, 2.75) is 22.1 Å². The molecule has 0 saturated carbocycles. The summed E-state index contributed by atoms with van der Waals surface area (Å²) in [6, 6.07) is 12.5. The lowest BCUT2D eigenvalue weighted by Crippen LogP contribution is -2.20. The van der Waals surface area contributed by atoms with Crippen LogP contribution >= 0.6 is 43.6 Å². The third-order valence-electron chi connectivity index (χ3n) is 4.09. The molecule has 1 aromatic heterocycles. The minimum atomic E-state index is -3.72. The predicted molar refractivity (Wildman–Crippen MR) is 115 cm³/mol. The van der Waals surface area contributed by atoms with Crippen molar-refractivity contribution in [3.05, 3.63) is 57.6 Å². The van der Waals surface area contributed by atoms with Crippen molar-refractivity contribution in [1.82, 2.24) is 8.87 Å². The van der Waals surface area contributed by atoms with Gasteiger partial charge in [-0.3, -0.25) is 4.90 Å². The lowest BCUT2D eigenvalue weighted by Gasteiger charge is -2.18. The standard InChI is InChI=1S/C18H18Br2N2O2S2/c1-12(21(2)3)25-17-11-22(16-9-8-13(19)10-14(16)17)26(23,24)18-7-5-4-6-15(18)20/h4-12H,1-3H3. The molecular formula is C18H18Br2N2O2S2. The monoisotopic (exact) mass is 516 g/mol. The average molecular weight is 518 g/mol. The molecule has 138 valence electrons. The molecule has 8 heteroatoms. The van der Waals surface area contributed by atoms with E-state index in [0.29, 0.717) is 9.99 Å². The number of benzene rings is 2. The number of aromatic nitrogens is 1. The summed E-state index contributed by atoms with van der Waals surface area (Å²) in [6.45, 7) is 2.09. The van der Waals surface area contributed by atoms with Gasteiger partial charge >= 0.3 is 0 Å². The molecule has 0 spiro atoms. The van der Waals surface area contributed by atoms with E-state index >= 15 is 0 Å². The van der Waals surface area contributed by atoms with Gasteiger partial charge in [-0.2, -0.15) is 0 Å². The summed E-state index contributed by atoms with van der Waals surface area (Å²) in [5.74, 6) is 0. The number of hydrogen-bond donors (Lipinski definition) is 0. The Morgan fingerprint density at radius 2 is 1.81 bits per heavy atom. The van der Waals surface area contributed by atoms with E-state index in [1.807, 2.05) is 32.3 Å². The molecule has 0 N–H and O–H groups in total. The summed E-state index contributed by atoms with van der Waals surface area (Å²) in [7, 11) is 0.292. The molecule has 0 amide bonds. The van der Waals surface area contributed by atoms with Gasteiger partial charge in [0.1, 0.15) is 4.90 Å². The number of hydrogen-bond acceptors (Lipinski definition) is 4. The van der Waals surface area contributed by atoms with Crippen LogP contribution in [0.4, 0.5) is 0 Å². The van der Waals surface area contributed by atoms with Gasteiger partial charge in [0.05, 0.1) is 10.9 Å². The van der Waals surface area contributed by atoms with Gasteiger partial charge in [0, 0.05) is 25.4 Å². The highest BCUT2D eigenvalue weighted by molar-refractivity contribution is 9.10. The zero-order valence-corrected chi connectivity index (χ0v) is 19.3. The molecule has 0 aliphatic rings. The van der Waals surface area contributed by atoms with Crippen molar-refractivity contribution >= 4 is 64.5 Å². The van der Waals surface area contributed by atoms with Crippen LogP contribution in [-0.2, 0) is 10.0 Å². The first-order valence-corrected chi connectivity index (χ1v) is 11.8. The second-order valence-electron chi connectivity index (χ2n) is 6.07. The van der Waals surface area contributed by atoms with Gasteiger partial charge in [0.2, 0.25) is 0 Å². The Bertz CT molecular complexity index is 1060. The summed E-state index contributed by atoms with van der Waals surface area (Å²) in [5.41, 5.74) is 0.664. The summed E-state index contributed by atoms with van der Waals surface area (Å²) >= 11 is 8.49. The Hall–Kier alpha value is -0.800. The van der Waals surface area contributed by atoms with Crippen LogP contribution in [0.2, 0.25) is 0 Å². The Morgan fingerprint density at radius 1 is 1.12 bits per heavy atom. The molecule has 0 bridgehead atoms. The molecule has 4 nitrogen and oxygen atoms in total. The zero-order chi connectivity index (χ0) is 19.1. The number of thioether (sulfide) groups is 1. The van der Waals surface area contributed by atoms with Crippen molar-refractivity contribution in [2.75, 3.05) is 14.1 Å². The first-order valence-electron chi connectivity index (χ1n) is 7.85. The summed E-state index contributed by atoms with van der Waals surface area (Å²) in [4.78, 5) is 3.27. The lowest BCUT2D eigenvalue weighted by atomic mass is 10.2. The summed E-state index contributed by atoms with van der Waals surface area (Å²) < 4.78 is 29.4. The van der Waals surface area contributed by atoms with Crippen molar-refractivity contribution in [1.29, 1.82) is 0 Å². The molecule has 26 heavy (non-hydrogen) atoms. The van der Waals surface area contributed by atoms with Crippen LogP contribution in [0.5, 0.6) is 0 Å². The second-order valence-corrected chi connectivity index (χ2v) is 11.0. The Morgan fingerprint density at radius 3 is 2.46 bits per heavy atom. The molecule has 0 aliphatic heterocycles. The molecule has 0 saturated heterocycles. The molecule has 2 aromatic carbocycles. The first-order chi connectivity index (χ1) is 12.2. The highest BCUT2D eigenvalue weighted by Gasteiger charge is 2.24. The number of fused-ring (bicyclic) bond motifs is 1. The summed E-state index contributed by atoms with van der Waals surface area (Å²) in [6.07, 6.45) is 1.72. The van der Waals surface area contributed by atoms with Crippen LogP contribution in [0.15, 0.2) is 67.4 Å². The fourth-order valence-electron chi connectivity index (χ4n) is 2.49. The van der Waals surface area contributed by atoms with Crippen LogP contribution in [0.3, 0.4) is 0 Å². The van der Waals surface area contributed by atoms with E-state index in [-0.39, 0.29) is 10.3 Å². The number of rotatable bonds is 5. The molecule has 3 rings (SSSR count). The van der Waals surface area contributed by atoms with E-state index in [1.54, 1.807) is 42.2 Å². The van der Waals surface area contributed by atoms with E-state index in [2.05, 4.69) is 43.7 Å². The molecule has 0 aliphatic carbocycles. The van der Waals surface area contributed by atoms with Gasteiger partial charge in [0.25, 0.3) is 10.0 Å².